The van der Waals surface area contributed by atoms with Crippen molar-refractivity contribution in [1.29, 1.82) is 0 Å². The normalized spacial score (nSPS) is 14.5. The number of amides is 1. The van der Waals surface area contributed by atoms with Gasteiger partial charge in [-0.2, -0.15) is 0 Å². The van der Waals surface area contributed by atoms with Crippen molar-refractivity contribution in [2.75, 3.05) is 7.11 Å². The van der Waals surface area contributed by atoms with Gasteiger partial charge in [-0.3, -0.25) is 4.79 Å². The fourth-order valence-electron chi connectivity index (χ4n) is 3.90. The molecule has 1 amide bonds. The van der Waals surface area contributed by atoms with Gasteiger partial charge in [0.1, 0.15) is 0 Å². The molecule has 5 nitrogen and oxygen atoms in total. The summed E-state index contributed by atoms with van der Waals surface area (Å²) in [4.78, 5) is 26.7. The molecule has 3 rings (SSSR count). The molecule has 0 aliphatic heterocycles. The first kappa shape index (κ1) is 22.5. The predicted octanol–water partition coefficient (Wildman–Crippen LogP) is 4.84. The lowest BCUT2D eigenvalue weighted by Gasteiger charge is -2.40. The largest absolute Gasteiger partial charge is 0.467 e. The topological polar surface area (TPSA) is 64.6 Å². The Morgan fingerprint density at radius 1 is 0.871 bits per heavy atom. The second kappa shape index (κ2) is 8.90. The molecule has 31 heavy (non-hydrogen) atoms. The van der Waals surface area contributed by atoms with E-state index in [0.717, 1.165) is 10.8 Å². The van der Waals surface area contributed by atoms with Gasteiger partial charge in [-0.05, 0) is 56.2 Å². The monoisotopic (exact) mass is 419 g/mol. The Hall–Kier alpha value is -3.18. The van der Waals surface area contributed by atoms with Crippen LogP contribution in [-0.4, -0.2) is 30.7 Å². The summed E-state index contributed by atoms with van der Waals surface area (Å²) in [6.07, 6.45) is -0.724. The Balaban J connectivity index is 2.26. The second-order valence-corrected chi connectivity index (χ2v) is 8.52. The van der Waals surface area contributed by atoms with Crippen molar-refractivity contribution in [3.8, 4) is 0 Å². The number of hydrogen-bond acceptors (Lipinski definition) is 4. The van der Waals surface area contributed by atoms with Gasteiger partial charge in [0.25, 0.3) is 5.91 Å². The van der Waals surface area contributed by atoms with Crippen LogP contribution in [0.3, 0.4) is 0 Å². The molecule has 162 valence electrons. The molecule has 0 radical (unpaired) electrons. The molecule has 0 fully saturated rings. The van der Waals surface area contributed by atoms with Crippen molar-refractivity contribution >= 4 is 22.6 Å². The summed E-state index contributed by atoms with van der Waals surface area (Å²) in [6, 6.07) is 22.2. The number of nitrogens with one attached hydrogen (secondary N) is 1. The highest BCUT2D eigenvalue weighted by molar-refractivity contribution is 6.01. The molecule has 0 aliphatic carbocycles. The summed E-state index contributed by atoms with van der Waals surface area (Å²) < 4.78 is 11.5. The number of methoxy groups -OCH3 is 1. The van der Waals surface area contributed by atoms with Gasteiger partial charge in [-0.1, -0.05) is 60.7 Å². The third-order valence-corrected chi connectivity index (χ3v) is 5.21. The zero-order valence-electron chi connectivity index (χ0n) is 18.6. The van der Waals surface area contributed by atoms with Gasteiger partial charge in [-0.25, -0.2) is 4.79 Å². The van der Waals surface area contributed by atoms with Crippen molar-refractivity contribution in [2.24, 2.45) is 0 Å². The Morgan fingerprint density at radius 2 is 1.48 bits per heavy atom. The van der Waals surface area contributed by atoms with Crippen molar-refractivity contribution < 1.29 is 19.1 Å². The highest BCUT2D eigenvalue weighted by atomic mass is 16.5. The van der Waals surface area contributed by atoms with E-state index >= 15 is 0 Å². The third kappa shape index (κ3) is 4.62. The average molecular weight is 420 g/mol. The molecule has 0 saturated heterocycles. The summed E-state index contributed by atoms with van der Waals surface area (Å²) in [5, 5.41) is 4.78. The summed E-state index contributed by atoms with van der Waals surface area (Å²) in [7, 11) is 1.32. The van der Waals surface area contributed by atoms with Crippen LogP contribution in [0.25, 0.3) is 10.8 Å². The number of hydrogen-bond donors (Lipinski definition) is 1. The molecule has 3 aromatic carbocycles. The first-order chi connectivity index (χ1) is 14.7. The first-order valence-corrected chi connectivity index (χ1v) is 10.3. The maximum Gasteiger partial charge on any atom is 0.339 e. The molecular formula is C26H29NO4. The quantitative estimate of drug-likeness (QED) is 0.581. The molecule has 3 aromatic rings. The minimum atomic E-state index is -1.56. The maximum absolute atomic E-state index is 13.5. The van der Waals surface area contributed by atoms with Gasteiger partial charge in [0, 0.05) is 5.56 Å². The van der Waals surface area contributed by atoms with Crippen molar-refractivity contribution in [3.63, 3.8) is 0 Å². The van der Waals surface area contributed by atoms with Crippen LogP contribution in [0.4, 0.5) is 0 Å². The van der Waals surface area contributed by atoms with Crippen molar-refractivity contribution in [2.45, 2.75) is 44.9 Å². The van der Waals surface area contributed by atoms with Crippen LogP contribution in [0, 0.1) is 0 Å². The number of benzene rings is 3. The zero-order chi connectivity index (χ0) is 22.6. The highest BCUT2D eigenvalue weighted by Crippen LogP contribution is 2.36. The van der Waals surface area contributed by atoms with E-state index < -0.39 is 23.2 Å². The molecule has 2 atom stereocenters. The van der Waals surface area contributed by atoms with Crippen molar-refractivity contribution in [3.05, 3.63) is 83.9 Å². The minimum absolute atomic E-state index is 0.386. The lowest BCUT2D eigenvalue weighted by Crippen LogP contribution is -2.60. The van der Waals surface area contributed by atoms with E-state index in [1.807, 2.05) is 69.3 Å². The van der Waals surface area contributed by atoms with Crippen LogP contribution in [0.2, 0.25) is 0 Å². The van der Waals surface area contributed by atoms with E-state index in [2.05, 4.69) is 5.32 Å². The van der Waals surface area contributed by atoms with Crippen LogP contribution < -0.4 is 5.32 Å². The summed E-state index contributed by atoms with van der Waals surface area (Å²) in [6.45, 7) is 7.52. The molecule has 2 unspecified atom stereocenters. The van der Waals surface area contributed by atoms with Crippen LogP contribution in [0.1, 0.15) is 43.6 Å². The molecule has 0 bridgehead atoms. The summed E-state index contributed by atoms with van der Waals surface area (Å²) in [5.74, 6) is -0.979. The SMILES string of the molecule is COC(=O)C(NC(=O)c1ccccc1)(c1cccc2ccccc12)C(C)OC(C)(C)C. The van der Waals surface area contributed by atoms with Crippen LogP contribution >= 0.6 is 0 Å². The smallest absolute Gasteiger partial charge is 0.339 e. The number of esters is 1. The Kier molecular flexibility index (Phi) is 6.46. The fraction of sp³-hybridized carbons (Fsp3) is 0.308. The molecule has 0 aliphatic rings. The molecule has 0 spiro atoms. The standard InChI is InChI=1S/C26H29NO4/c1-18(31-25(2,3)4)26(24(29)30-5,27-23(28)20-13-7-6-8-14-20)22-17-11-15-19-12-9-10-16-21(19)22/h6-18H,1-5H3,(H,27,28). The first-order valence-electron chi connectivity index (χ1n) is 10.3. The Labute approximate surface area is 183 Å². The predicted molar refractivity (Wildman–Crippen MR) is 122 cm³/mol. The molecule has 5 heteroatoms. The number of carbonyl (C=O) groups excluding carboxylic acids is 2. The minimum Gasteiger partial charge on any atom is -0.467 e. The number of fused-ring (bicyclic) bond motifs is 1. The highest BCUT2D eigenvalue weighted by Gasteiger charge is 2.50. The molecule has 0 aromatic heterocycles. The number of rotatable bonds is 6. The van der Waals surface area contributed by atoms with Gasteiger partial charge >= 0.3 is 5.97 Å². The van der Waals surface area contributed by atoms with Crippen molar-refractivity contribution in [1.82, 2.24) is 5.32 Å². The van der Waals surface area contributed by atoms with Gasteiger partial charge < -0.3 is 14.8 Å². The Morgan fingerprint density at radius 3 is 2.13 bits per heavy atom. The van der Waals surface area contributed by atoms with Gasteiger partial charge in [0.05, 0.1) is 18.8 Å². The summed E-state index contributed by atoms with van der Waals surface area (Å²) in [5.41, 5.74) is -1.05. The molecule has 1 N–H and O–H groups in total. The van der Waals surface area contributed by atoms with E-state index in [-0.39, 0.29) is 5.91 Å². The Bertz CT molecular complexity index is 1070. The van der Waals surface area contributed by atoms with E-state index in [4.69, 9.17) is 9.47 Å². The molecule has 0 saturated carbocycles. The number of carbonyl (C=O) groups is 2. The zero-order valence-corrected chi connectivity index (χ0v) is 18.6. The third-order valence-electron chi connectivity index (χ3n) is 5.21. The van der Waals surface area contributed by atoms with E-state index in [9.17, 15) is 9.59 Å². The van der Waals surface area contributed by atoms with Gasteiger partial charge in [0.2, 0.25) is 0 Å². The molecular weight excluding hydrogens is 390 g/mol. The van der Waals surface area contributed by atoms with Gasteiger partial charge in [0.15, 0.2) is 5.54 Å². The lowest BCUT2D eigenvalue weighted by atomic mass is 9.81. The van der Waals surface area contributed by atoms with E-state index in [1.54, 1.807) is 31.2 Å². The summed E-state index contributed by atoms with van der Waals surface area (Å²) >= 11 is 0. The van der Waals surface area contributed by atoms with E-state index in [0.29, 0.717) is 11.1 Å². The van der Waals surface area contributed by atoms with E-state index in [1.165, 1.54) is 7.11 Å². The van der Waals surface area contributed by atoms with Crippen LogP contribution in [0.5, 0.6) is 0 Å². The number of ether oxygens (including phenoxy) is 2. The second-order valence-electron chi connectivity index (χ2n) is 8.52. The fourth-order valence-corrected chi connectivity index (χ4v) is 3.90. The van der Waals surface area contributed by atoms with Crippen LogP contribution in [-0.2, 0) is 19.8 Å². The van der Waals surface area contributed by atoms with Gasteiger partial charge in [-0.15, -0.1) is 0 Å². The average Bonchev–Trinajstić information content (AvgIpc) is 2.76. The van der Waals surface area contributed by atoms with Crippen LogP contribution in [0.15, 0.2) is 72.8 Å². The molecule has 0 heterocycles. The maximum atomic E-state index is 13.5. The lowest BCUT2D eigenvalue weighted by molar-refractivity contribution is -0.162.